The van der Waals surface area contributed by atoms with Crippen molar-refractivity contribution >= 4 is 29.4 Å². The quantitative estimate of drug-likeness (QED) is 0.189. The minimum Gasteiger partial charge on any atom is -0.455 e. The number of aryl methyl sites for hydroxylation is 2. The van der Waals surface area contributed by atoms with Gasteiger partial charge in [-0.15, -0.1) is 13.2 Å². The Kier molecular flexibility index (Phi) is 11.6. The van der Waals surface area contributed by atoms with Crippen LogP contribution in [-0.2, 0) is 28.7 Å². The lowest BCUT2D eigenvalue weighted by molar-refractivity contribution is -0.161. The zero-order valence-corrected chi connectivity index (χ0v) is 29.7. The normalized spacial score (nSPS) is 25.4. The molecule has 0 aromatic heterocycles. The first-order valence-corrected chi connectivity index (χ1v) is 17.8. The number of nitrogens with zero attached hydrogens (tertiary/aromatic N) is 2. The largest absolute Gasteiger partial charge is 0.455 e. The van der Waals surface area contributed by atoms with Crippen LogP contribution in [0.5, 0.6) is 0 Å². The second kappa shape index (κ2) is 15.7. The lowest BCUT2D eigenvalue weighted by Crippen LogP contribution is -2.60. The van der Waals surface area contributed by atoms with Crippen molar-refractivity contribution in [1.82, 2.24) is 10.2 Å². The number of fused-ring (bicyclic) bond motifs is 1. The van der Waals surface area contributed by atoms with E-state index in [1.807, 2.05) is 76.2 Å². The maximum atomic E-state index is 15.0. The third-order valence-corrected chi connectivity index (χ3v) is 10.8. The smallest absolute Gasteiger partial charge is 0.313 e. The maximum absolute atomic E-state index is 15.0. The predicted molar refractivity (Wildman–Crippen MR) is 191 cm³/mol. The number of amides is 3. The van der Waals surface area contributed by atoms with Crippen LogP contribution in [0.15, 0.2) is 73.8 Å². The first-order chi connectivity index (χ1) is 24.0. The first kappa shape index (κ1) is 37.0. The van der Waals surface area contributed by atoms with Gasteiger partial charge in [0.05, 0.1) is 37.1 Å². The topological polar surface area (TPSA) is 125 Å². The standard InChI is InChI=1S/C40H51N3O7/c1-7-10-16-33(45)41-23-32(28-14-12-11-13-15-28)49-39(48)34-31-19-20-40(50-31)35(34)37(46)43(30(24-44)26(5)9-3)36(40)38(47)42(21-8-2)29-22-25(4)17-18-27(29)6/h7-8,11-15,17-18,22,26,30-32,34-36,44H,1-2,9-10,16,19-21,23-24H2,3-6H3,(H,41,45)/t26-,30-,31-,32-,34+,35+,36-,40+/m0/s1. The Hall–Kier alpha value is -4.28. The van der Waals surface area contributed by atoms with Gasteiger partial charge in [-0.1, -0.05) is 74.9 Å². The lowest BCUT2D eigenvalue weighted by atomic mass is 9.70. The molecule has 2 aromatic carbocycles. The third kappa shape index (κ3) is 6.88. The summed E-state index contributed by atoms with van der Waals surface area (Å²) in [6, 6.07) is 13.3. The van der Waals surface area contributed by atoms with Crippen LogP contribution >= 0.6 is 0 Å². The molecule has 1 spiro atoms. The van der Waals surface area contributed by atoms with E-state index in [2.05, 4.69) is 18.5 Å². The van der Waals surface area contributed by atoms with E-state index < -0.39 is 47.7 Å². The number of aliphatic hydroxyl groups excluding tert-OH is 1. The van der Waals surface area contributed by atoms with Gasteiger partial charge in [0.25, 0.3) is 5.91 Å². The van der Waals surface area contributed by atoms with E-state index in [1.165, 1.54) is 4.90 Å². The number of allylic oxidation sites excluding steroid dienone is 1. The number of carbonyl (C=O) groups is 4. The molecule has 10 nitrogen and oxygen atoms in total. The van der Waals surface area contributed by atoms with E-state index in [4.69, 9.17) is 9.47 Å². The summed E-state index contributed by atoms with van der Waals surface area (Å²) in [5, 5.41) is 13.6. The van der Waals surface area contributed by atoms with Crippen molar-refractivity contribution in [1.29, 1.82) is 0 Å². The van der Waals surface area contributed by atoms with Crippen LogP contribution in [0.3, 0.4) is 0 Å². The van der Waals surface area contributed by atoms with Gasteiger partial charge >= 0.3 is 5.97 Å². The minimum absolute atomic E-state index is 0.0495. The van der Waals surface area contributed by atoms with Gasteiger partial charge in [-0.2, -0.15) is 0 Å². The fourth-order valence-electron chi connectivity index (χ4n) is 8.05. The van der Waals surface area contributed by atoms with Crippen LogP contribution in [0.2, 0.25) is 0 Å². The molecule has 3 aliphatic heterocycles. The van der Waals surface area contributed by atoms with E-state index in [-0.39, 0.29) is 49.8 Å². The van der Waals surface area contributed by atoms with E-state index in [1.54, 1.807) is 17.1 Å². The number of likely N-dealkylation sites (tertiary alicyclic amines) is 1. The molecule has 2 aromatic rings. The number of anilines is 1. The van der Waals surface area contributed by atoms with Crippen LogP contribution in [0.25, 0.3) is 0 Å². The molecule has 0 radical (unpaired) electrons. The predicted octanol–water partition coefficient (Wildman–Crippen LogP) is 4.97. The van der Waals surface area contributed by atoms with Crippen molar-refractivity contribution < 1.29 is 33.8 Å². The second-order valence-electron chi connectivity index (χ2n) is 13.9. The summed E-state index contributed by atoms with van der Waals surface area (Å²) in [5.41, 5.74) is 1.97. The summed E-state index contributed by atoms with van der Waals surface area (Å²) in [7, 11) is 0. The molecule has 0 unspecified atom stereocenters. The summed E-state index contributed by atoms with van der Waals surface area (Å²) in [6.07, 6.45) is 4.19. The molecule has 0 saturated carbocycles. The van der Waals surface area contributed by atoms with E-state index in [0.29, 0.717) is 36.9 Å². The molecule has 50 heavy (non-hydrogen) atoms. The SMILES string of the molecule is C=CCCC(=O)NC[C@H](OC(=O)[C@@H]1[C@@H]2CC[C@]3(O2)[C@H](C(=O)N(CC=C)c2cc(C)ccc2C)N([C@@H](CO)[C@@H](C)CC)C(=O)[C@@H]13)c1ccccc1. The average molecular weight is 686 g/mol. The van der Waals surface area contributed by atoms with Crippen LogP contribution in [0, 0.1) is 31.6 Å². The average Bonchev–Trinajstić information content (AvgIpc) is 3.77. The Morgan fingerprint density at radius 3 is 2.56 bits per heavy atom. The molecule has 5 rings (SSSR count). The summed E-state index contributed by atoms with van der Waals surface area (Å²) < 4.78 is 12.9. The molecule has 2 bridgehead atoms. The number of aliphatic hydroxyl groups is 1. The number of nitrogens with one attached hydrogen (secondary N) is 1. The molecule has 10 heteroatoms. The number of benzene rings is 2. The van der Waals surface area contributed by atoms with Crippen molar-refractivity contribution in [3.8, 4) is 0 Å². The molecule has 3 amide bonds. The molecule has 268 valence electrons. The number of hydrogen-bond donors (Lipinski definition) is 2. The molecule has 3 aliphatic rings. The zero-order chi connectivity index (χ0) is 36.2. The Morgan fingerprint density at radius 2 is 1.90 bits per heavy atom. The molecular formula is C40H51N3O7. The summed E-state index contributed by atoms with van der Waals surface area (Å²) in [5.74, 6) is -3.63. The van der Waals surface area contributed by atoms with E-state index in [0.717, 1.165) is 11.1 Å². The van der Waals surface area contributed by atoms with Gasteiger partial charge in [0.15, 0.2) is 0 Å². The van der Waals surface area contributed by atoms with E-state index in [9.17, 15) is 19.5 Å². The Morgan fingerprint density at radius 1 is 1.16 bits per heavy atom. The van der Waals surface area contributed by atoms with Gasteiger partial charge in [-0.05, 0) is 61.8 Å². The third-order valence-electron chi connectivity index (χ3n) is 10.8. The summed E-state index contributed by atoms with van der Waals surface area (Å²) >= 11 is 0. The highest BCUT2D eigenvalue weighted by Gasteiger charge is 2.76. The Labute approximate surface area is 295 Å². The number of esters is 1. The highest BCUT2D eigenvalue weighted by molar-refractivity contribution is 6.05. The van der Waals surface area contributed by atoms with Crippen molar-refractivity contribution in [2.45, 2.75) is 89.7 Å². The highest BCUT2D eigenvalue weighted by atomic mass is 16.6. The van der Waals surface area contributed by atoms with Crippen LogP contribution in [0.1, 0.15) is 68.7 Å². The fraction of sp³-hybridized carbons (Fsp3) is 0.500. The Bertz CT molecular complexity index is 1590. The molecule has 3 saturated heterocycles. The van der Waals surface area contributed by atoms with Crippen molar-refractivity contribution in [2.75, 3.05) is 24.6 Å². The van der Waals surface area contributed by atoms with Crippen LogP contribution in [0.4, 0.5) is 5.69 Å². The monoisotopic (exact) mass is 685 g/mol. The highest BCUT2D eigenvalue weighted by Crippen LogP contribution is 2.59. The number of ether oxygens (including phenoxy) is 2. The first-order valence-electron chi connectivity index (χ1n) is 17.8. The summed E-state index contributed by atoms with van der Waals surface area (Å²) in [6.45, 7) is 15.3. The number of carbonyl (C=O) groups excluding carboxylic acids is 4. The molecular weight excluding hydrogens is 634 g/mol. The minimum atomic E-state index is -1.29. The molecule has 2 N–H and O–H groups in total. The van der Waals surface area contributed by atoms with Gasteiger partial charge in [-0.3, -0.25) is 19.2 Å². The van der Waals surface area contributed by atoms with Crippen molar-refractivity contribution in [2.24, 2.45) is 17.8 Å². The van der Waals surface area contributed by atoms with Gasteiger partial charge < -0.3 is 29.7 Å². The fourth-order valence-corrected chi connectivity index (χ4v) is 8.05. The molecule has 8 atom stereocenters. The van der Waals surface area contributed by atoms with E-state index >= 15 is 4.79 Å². The Balaban J connectivity index is 1.53. The summed E-state index contributed by atoms with van der Waals surface area (Å²) in [4.78, 5) is 59.8. The van der Waals surface area contributed by atoms with Gasteiger partial charge in [-0.25, -0.2) is 0 Å². The molecule has 3 fully saturated rings. The molecule has 3 heterocycles. The second-order valence-corrected chi connectivity index (χ2v) is 13.9. The van der Waals surface area contributed by atoms with Crippen LogP contribution in [-0.4, -0.2) is 77.2 Å². The van der Waals surface area contributed by atoms with Crippen molar-refractivity contribution in [3.63, 3.8) is 0 Å². The molecule has 0 aliphatic carbocycles. The van der Waals surface area contributed by atoms with Gasteiger partial charge in [0, 0.05) is 18.7 Å². The van der Waals surface area contributed by atoms with Crippen molar-refractivity contribution in [3.05, 3.63) is 90.5 Å². The maximum Gasteiger partial charge on any atom is 0.313 e. The van der Waals surface area contributed by atoms with Gasteiger partial charge in [0.2, 0.25) is 11.8 Å². The van der Waals surface area contributed by atoms with Crippen LogP contribution < -0.4 is 10.2 Å². The zero-order valence-electron chi connectivity index (χ0n) is 29.7. The number of hydrogen-bond acceptors (Lipinski definition) is 7. The lowest BCUT2D eigenvalue weighted by Gasteiger charge is -2.41. The number of rotatable bonds is 16. The van der Waals surface area contributed by atoms with Gasteiger partial charge in [0.1, 0.15) is 17.7 Å².